The van der Waals surface area contributed by atoms with Gasteiger partial charge in [0.05, 0.1) is 18.3 Å². The molecule has 6 nitrogen and oxygen atoms in total. The highest BCUT2D eigenvalue weighted by molar-refractivity contribution is 6.32. The third-order valence-corrected chi connectivity index (χ3v) is 5.81. The van der Waals surface area contributed by atoms with Gasteiger partial charge in [0.2, 0.25) is 5.95 Å². The number of hydrogen-bond acceptors (Lipinski definition) is 6. The van der Waals surface area contributed by atoms with Crippen LogP contribution in [0.25, 0.3) is 0 Å². The number of aromatic nitrogens is 2. The monoisotopic (exact) mass is 421 g/mol. The molecule has 2 aromatic rings. The molecular formula is C21H29ClFN5O. The summed E-state index contributed by atoms with van der Waals surface area (Å²) in [6.45, 7) is 6.55. The summed E-state index contributed by atoms with van der Waals surface area (Å²) in [6, 6.07) is 6.11. The van der Waals surface area contributed by atoms with Crippen LogP contribution in [-0.2, 0) is 0 Å². The molecule has 1 aromatic carbocycles. The summed E-state index contributed by atoms with van der Waals surface area (Å²) in [4.78, 5) is 10.9. The zero-order valence-electron chi connectivity index (χ0n) is 17.2. The van der Waals surface area contributed by atoms with E-state index in [0.717, 1.165) is 38.8 Å². The van der Waals surface area contributed by atoms with Crippen molar-refractivity contribution < 1.29 is 9.13 Å². The van der Waals surface area contributed by atoms with Crippen molar-refractivity contribution in [1.82, 2.24) is 14.9 Å². The number of halogens is 2. The molecule has 1 fully saturated rings. The third-order valence-electron chi connectivity index (χ3n) is 5.52. The Balaban J connectivity index is 1.63. The van der Waals surface area contributed by atoms with E-state index in [4.69, 9.17) is 16.3 Å². The Morgan fingerprint density at radius 3 is 2.55 bits per heavy atom. The van der Waals surface area contributed by atoms with Crippen LogP contribution in [0.1, 0.15) is 39.5 Å². The van der Waals surface area contributed by atoms with Gasteiger partial charge in [0, 0.05) is 17.8 Å². The van der Waals surface area contributed by atoms with Crippen molar-refractivity contribution in [3.8, 4) is 5.75 Å². The Kier molecular flexibility index (Phi) is 7.50. The molecule has 158 valence electrons. The van der Waals surface area contributed by atoms with E-state index in [9.17, 15) is 4.39 Å². The maximum Gasteiger partial charge on any atom is 0.229 e. The van der Waals surface area contributed by atoms with Crippen LogP contribution in [-0.4, -0.2) is 47.2 Å². The molecule has 0 atom stereocenters. The van der Waals surface area contributed by atoms with Crippen LogP contribution in [0, 0.1) is 5.82 Å². The fourth-order valence-electron chi connectivity index (χ4n) is 3.92. The molecule has 0 aliphatic heterocycles. The minimum absolute atomic E-state index is 0.217. The number of anilines is 3. The largest absolute Gasteiger partial charge is 0.495 e. The van der Waals surface area contributed by atoms with E-state index in [0.29, 0.717) is 28.4 Å². The van der Waals surface area contributed by atoms with Gasteiger partial charge in [0.15, 0.2) is 11.6 Å². The normalized spacial score (nSPS) is 19.2. The Bertz CT molecular complexity index is 810. The van der Waals surface area contributed by atoms with E-state index >= 15 is 0 Å². The van der Waals surface area contributed by atoms with E-state index in [2.05, 4.69) is 39.3 Å². The number of hydrogen-bond donors (Lipinski definition) is 2. The molecule has 2 N–H and O–H groups in total. The number of nitrogens with one attached hydrogen (secondary N) is 2. The van der Waals surface area contributed by atoms with E-state index in [-0.39, 0.29) is 11.9 Å². The number of nitrogens with zero attached hydrogens (tertiary/aromatic N) is 3. The minimum Gasteiger partial charge on any atom is -0.495 e. The van der Waals surface area contributed by atoms with E-state index in [1.165, 1.54) is 6.20 Å². The second-order valence-electron chi connectivity index (χ2n) is 7.24. The molecule has 1 heterocycles. The first-order chi connectivity index (χ1) is 14.0. The van der Waals surface area contributed by atoms with E-state index in [1.54, 1.807) is 25.3 Å². The molecule has 29 heavy (non-hydrogen) atoms. The smallest absolute Gasteiger partial charge is 0.229 e. The second-order valence-corrected chi connectivity index (χ2v) is 7.64. The van der Waals surface area contributed by atoms with Crippen LogP contribution in [0.4, 0.5) is 21.8 Å². The molecule has 0 saturated heterocycles. The fraction of sp³-hybridized carbons (Fsp3) is 0.524. The van der Waals surface area contributed by atoms with Crippen LogP contribution >= 0.6 is 11.6 Å². The van der Waals surface area contributed by atoms with Crippen molar-refractivity contribution in [1.29, 1.82) is 0 Å². The molecule has 0 unspecified atom stereocenters. The molecule has 1 saturated carbocycles. The number of methoxy groups -OCH3 is 1. The molecule has 1 aliphatic rings. The summed E-state index contributed by atoms with van der Waals surface area (Å²) in [5.41, 5.74) is 0.702. The molecule has 0 spiro atoms. The van der Waals surface area contributed by atoms with Crippen molar-refractivity contribution >= 4 is 29.1 Å². The molecule has 0 amide bonds. The quantitative estimate of drug-likeness (QED) is 0.619. The van der Waals surface area contributed by atoms with Gasteiger partial charge >= 0.3 is 0 Å². The summed E-state index contributed by atoms with van der Waals surface area (Å²) < 4.78 is 19.4. The predicted octanol–water partition coefficient (Wildman–Crippen LogP) is 5.09. The minimum atomic E-state index is -0.450. The van der Waals surface area contributed by atoms with E-state index < -0.39 is 5.82 Å². The Morgan fingerprint density at radius 1 is 1.21 bits per heavy atom. The van der Waals surface area contributed by atoms with Crippen LogP contribution < -0.4 is 15.4 Å². The van der Waals surface area contributed by atoms with E-state index in [1.807, 2.05) is 0 Å². The van der Waals surface area contributed by atoms with Gasteiger partial charge in [-0.25, -0.2) is 9.37 Å². The van der Waals surface area contributed by atoms with Crippen molar-refractivity contribution in [2.45, 2.75) is 51.6 Å². The maximum absolute atomic E-state index is 14.3. The first-order valence-corrected chi connectivity index (χ1v) is 10.6. The highest BCUT2D eigenvalue weighted by atomic mass is 35.5. The van der Waals surface area contributed by atoms with Crippen LogP contribution in [0.5, 0.6) is 5.75 Å². The van der Waals surface area contributed by atoms with Crippen molar-refractivity contribution in [2.24, 2.45) is 0 Å². The van der Waals surface area contributed by atoms with Gasteiger partial charge in [0.1, 0.15) is 5.75 Å². The Labute approximate surface area is 176 Å². The lowest BCUT2D eigenvalue weighted by Gasteiger charge is -2.36. The highest BCUT2D eigenvalue weighted by Crippen LogP contribution is 2.29. The van der Waals surface area contributed by atoms with Gasteiger partial charge < -0.3 is 20.3 Å². The first kappa shape index (κ1) is 21.6. The van der Waals surface area contributed by atoms with Gasteiger partial charge in [-0.05, 0) is 57.0 Å². The van der Waals surface area contributed by atoms with Gasteiger partial charge in [-0.2, -0.15) is 4.98 Å². The van der Waals surface area contributed by atoms with Crippen molar-refractivity contribution in [3.63, 3.8) is 0 Å². The molecule has 1 aliphatic carbocycles. The first-order valence-electron chi connectivity index (χ1n) is 10.2. The lowest BCUT2D eigenvalue weighted by Crippen LogP contribution is -2.40. The molecule has 0 bridgehead atoms. The van der Waals surface area contributed by atoms with Gasteiger partial charge in [-0.3, -0.25) is 0 Å². The molecule has 8 heteroatoms. The number of ether oxygens (including phenoxy) is 1. The van der Waals surface area contributed by atoms with Crippen LogP contribution in [0.3, 0.4) is 0 Å². The lowest BCUT2D eigenvalue weighted by atomic mass is 9.90. The molecular weight excluding hydrogens is 393 g/mol. The standard InChI is InChI=1S/C21H29ClFN5O/c1-4-28(5-2)16-9-6-14(7-10-16)25-20-18(23)13-24-21(27-20)26-15-8-11-19(29-3)17(22)12-15/h8,11-14,16H,4-7,9-10H2,1-3H3,(H2,24,25,26,27). The third kappa shape index (κ3) is 5.48. The molecule has 0 radical (unpaired) electrons. The highest BCUT2D eigenvalue weighted by Gasteiger charge is 2.25. The average molecular weight is 422 g/mol. The van der Waals surface area contributed by atoms with Gasteiger partial charge in [0.25, 0.3) is 0 Å². The summed E-state index contributed by atoms with van der Waals surface area (Å²) in [5.74, 6) is 0.675. The van der Waals surface area contributed by atoms with Crippen LogP contribution in [0.2, 0.25) is 5.02 Å². The zero-order valence-corrected chi connectivity index (χ0v) is 18.0. The van der Waals surface area contributed by atoms with Crippen molar-refractivity contribution in [2.75, 3.05) is 30.8 Å². The SMILES string of the molecule is CCN(CC)C1CCC(Nc2nc(Nc3ccc(OC)c(Cl)c3)ncc2F)CC1. The number of rotatable bonds is 8. The van der Waals surface area contributed by atoms with Gasteiger partial charge in [-0.1, -0.05) is 25.4 Å². The number of benzene rings is 1. The second kappa shape index (κ2) is 10.1. The van der Waals surface area contributed by atoms with Crippen LogP contribution in [0.15, 0.2) is 24.4 Å². The molecule has 3 rings (SSSR count). The van der Waals surface area contributed by atoms with Gasteiger partial charge in [-0.15, -0.1) is 0 Å². The lowest BCUT2D eigenvalue weighted by molar-refractivity contribution is 0.167. The summed E-state index contributed by atoms with van der Waals surface area (Å²) >= 11 is 6.15. The average Bonchev–Trinajstić information content (AvgIpc) is 2.73. The maximum atomic E-state index is 14.3. The summed E-state index contributed by atoms with van der Waals surface area (Å²) in [7, 11) is 1.56. The molecule has 1 aromatic heterocycles. The fourth-order valence-corrected chi connectivity index (χ4v) is 4.18. The topological polar surface area (TPSA) is 62.3 Å². The summed E-state index contributed by atoms with van der Waals surface area (Å²) in [6.07, 6.45) is 5.41. The van der Waals surface area contributed by atoms with Crippen molar-refractivity contribution in [3.05, 3.63) is 35.2 Å². The zero-order chi connectivity index (χ0) is 20.8. The Hall–Kier alpha value is -2.12. The predicted molar refractivity (Wildman–Crippen MR) is 116 cm³/mol. The summed E-state index contributed by atoms with van der Waals surface area (Å²) in [5, 5.41) is 6.81. The Morgan fingerprint density at radius 2 is 1.93 bits per heavy atom.